The molecule has 0 fully saturated rings. The van der Waals surface area contributed by atoms with Crippen molar-refractivity contribution in [3.8, 4) is 0 Å². The van der Waals surface area contributed by atoms with Gasteiger partial charge in [-0.25, -0.2) is 8.42 Å². The Kier molecular flexibility index (Phi) is 5.13. The second-order valence-electron chi connectivity index (χ2n) is 6.23. The molecular weight excluding hydrogens is 368 g/mol. The van der Waals surface area contributed by atoms with Crippen molar-refractivity contribution >= 4 is 39.0 Å². The molecule has 0 unspecified atom stereocenters. The van der Waals surface area contributed by atoms with Gasteiger partial charge in [-0.2, -0.15) is 0 Å². The van der Waals surface area contributed by atoms with Crippen LogP contribution in [0.3, 0.4) is 0 Å². The maximum Gasteiger partial charge on any atom is 0.257 e. The molecule has 9 heteroatoms. The number of amides is 2. The quantitative estimate of drug-likeness (QED) is 0.817. The summed E-state index contributed by atoms with van der Waals surface area (Å²) in [4.78, 5) is 25.8. The Balaban J connectivity index is 1.77. The van der Waals surface area contributed by atoms with Crippen LogP contribution in [0.5, 0.6) is 0 Å². The molecule has 0 saturated carbocycles. The third-order valence-corrected chi connectivity index (χ3v) is 5.34. The van der Waals surface area contributed by atoms with Crippen LogP contribution >= 0.6 is 0 Å². The molecule has 142 valence electrons. The molecule has 8 nitrogen and oxygen atoms in total. The fourth-order valence-corrected chi connectivity index (χ4v) is 3.58. The number of carbonyl (C=O) groups is 2. The van der Waals surface area contributed by atoms with Crippen molar-refractivity contribution in [1.82, 2.24) is 4.90 Å². The van der Waals surface area contributed by atoms with Crippen molar-refractivity contribution in [3.05, 3.63) is 47.7 Å². The van der Waals surface area contributed by atoms with E-state index in [2.05, 4.69) is 15.0 Å². The number of rotatable bonds is 4. The van der Waals surface area contributed by atoms with Crippen molar-refractivity contribution in [2.45, 2.75) is 20.3 Å². The average molecular weight is 388 g/mol. The van der Waals surface area contributed by atoms with E-state index in [-0.39, 0.29) is 24.1 Å². The van der Waals surface area contributed by atoms with Gasteiger partial charge in [-0.15, -0.1) is 4.40 Å². The summed E-state index contributed by atoms with van der Waals surface area (Å²) in [5.41, 5.74) is 2.43. The molecule has 2 N–H and O–H groups in total. The molecule has 2 heterocycles. The van der Waals surface area contributed by atoms with Crippen LogP contribution in [0.25, 0.3) is 0 Å². The Bertz CT molecular complexity index is 993. The monoisotopic (exact) mass is 388 g/mol. The van der Waals surface area contributed by atoms with Crippen LogP contribution in [-0.2, 0) is 19.6 Å². The lowest BCUT2D eigenvalue weighted by atomic mass is 10.1. The second kappa shape index (κ2) is 7.36. The predicted octanol–water partition coefficient (Wildman–Crippen LogP) is 1.78. The van der Waals surface area contributed by atoms with Crippen LogP contribution in [0.2, 0.25) is 0 Å². The highest BCUT2D eigenvalue weighted by molar-refractivity contribution is 7.90. The van der Waals surface area contributed by atoms with Crippen molar-refractivity contribution in [2.75, 3.05) is 22.9 Å². The first-order valence-electron chi connectivity index (χ1n) is 8.48. The van der Waals surface area contributed by atoms with Crippen molar-refractivity contribution in [3.63, 3.8) is 0 Å². The third kappa shape index (κ3) is 4.43. The number of benzene rings is 1. The van der Waals surface area contributed by atoms with E-state index in [1.165, 1.54) is 12.2 Å². The molecule has 3 rings (SSSR count). The first-order valence-corrected chi connectivity index (χ1v) is 10.1. The number of amidine groups is 1. The fraction of sp³-hybridized carbons (Fsp3) is 0.278. The zero-order chi connectivity index (χ0) is 19.6. The Hall–Kier alpha value is -2.94. The Morgan fingerprint density at radius 3 is 2.74 bits per heavy atom. The summed E-state index contributed by atoms with van der Waals surface area (Å²) in [6.45, 7) is 3.86. The van der Waals surface area contributed by atoms with Gasteiger partial charge in [-0.1, -0.05) is 13.0 Å². The molecular formula is C18H20N4O4S. The van der Waals surface area contributed by atoms with Gasteiger partial charge in [0.2, 0.25) is 5.91 Å². The van der Waals surface area contributed by atoms with E-state index in [1.807, 2.05) is 13.0 Å². The molecule has 0 spiro atoms. The third-order valence-electron chi connectivity index (χ3n) is 4.18. The van der Waals surface area contributed by atoms with E-state index >= 15 is 0 Å². The molecule has 2 amide bonds. The minimum absolute atomic E-state index is 0.0893. The Morgan fingerprint density at radius 2 is 2.00 bits per heavy atom. The standard InChI is InChI=1S/C18H20N4O4S/c1-3-17(23)19-14-6-4-12(2)15(10-14)20-18(24)13-5-7-16-21-27(25,26)9-8-22(16)11-13/h4-7,10-11H,3,8-9H2,1-2H3,(H,19,23)(H,20,24). The Morgan fingerprint density at radius 1 is 1.22 bits per heavy atom. The first kappa shape index (κ1) is 18.8. The molecule has 1 aromatic carbocycles. The van der Waals surface area contributed by atoms with Crippen molar-refractivity contribution in [1.29, 1.82) is 0 Å². The van der Waals surface area contributed by atoms with Gasteiger partial charge in [-0.05, 0) is 36.8 Å². The van der Waals surface area contributed by atoms with Gasteiger partial charge in [0.05, 0.1) is 11.3 Å². The fourth-order valence-electron chi connectivity index (χ4n) is 2.61. The van der Waals surface area contributed by atoms with Crippen molar-refractivity contribution < 1.29 is 18.0 Å². The number of aryl methyl sites for hydroxylation is 1. The van der Waals surface area contributed by atoms with Crippen LogP contribution < -0.4 is 10.6 Å². The number of hydrogen-bond donors (Lipinski definition) is 2. The number of nitrogens with zero attached hydrogens (tertiary/aromatic N) is 2. The highest BCUT2D eigenvalue weighted by Gasteiger charge is 2.25. The predicted molar refractivity (Wildman–Crippen MR) is 104 cm³/mol. The molecule has 0 aliphatic carbocycles. The largest absolute Gasteiger partial charge is 0.330 e. The number of sulfonamides is 1. The summed E-state index contributed by atoms with van der Waals surface area (Å²) in [6, 6.07) is 5.29. The molecule has 2 aliphatic rings. The molecule has 0 bridgehead atoms. The highest BCUT2D eigenvalue weighted by atomic mass is 32.2. The van der Waals surface area contributed by atoms with Gasteiger partial charge in [0.15, 0.2) is 0 Å². The van der Waals surface area contributed by atoms with E-state index in [9.17, 15) is 18.0 Å². The Labute approximate surface area is 157 Å². The lowest BCUT2D eigenvalue weighted by Gasteiger charge is -2.27. The first-order chi connectivity index (χ1) is 12.8. The lowest BCUT2D eigenvalue weighted by Crippen LogP contribution is -2.37. The summed E-state index contributed by atoms with van der Waals surface area (Å²) < 4.78 is 26.8. The molecule has 0 radical (unpaired) electrons. The van der Waals surface area contributed by atoms with Gasteiger partial charge < -0.3 is 15.5 Å². The van der Waals surface area contributed by atoms with Gasteiger partial charge >= 0.3 is 0 Å². The SMILES string of the molecule is CCC(=O)Nc1ccc(C)c(NC(=O)C2=CN3CCS(=O)(=O)N=C3C=C2)c1. The van der Waals surface area contributed by atoms with Gasteiger partial charge in [0, 0.05) is 30.5 Å². The van der Waals surface area contributed by atoms with Crippen LogP contribution in [0, 0.1) is 6.92 Å². The number of carbonyl (C=O) groups excluding carboxylic acids is 2. The number of hydrogen-bond acceptors (Lipinski definition) is 5. The van der Waals surface area contributed by atoms with E-state index in [0.29, 0.717) is 29.2 Å². The molecule has 0 aromatic heterocycles. The van der Waals surface area contributed by atoms with E-state index in [1.54, 1.807) is 30.2 Å². The summed E-state index contributed by atoms with van der Waals surface area (Å²) in [7, 11) is -3.43. The minimum atomic E-state index is -3.43. The van der Waals surface area contributed by atoms with Gasteiger partial charge in [0.25, 0.3) is 15.9 Å². The van der Waals surface area contributed by atoms with Crippen LogP contribution in [0.15, 0.2) is 46.5 Å². The second-order valence-corrected chi connectivity index (χ2v) is 7.99. The minimum Gasteiger partial charge on any atom is -0.330 e. The molecule has 1 aromatic rings. The maximum absolute atomic E-state index is 12.6. The van der Waals surface area contributed by atoms with E-state index in [4.69, 9.17) is 0 Å². The number of anilines is 2. The topological polar surface area (TPSA) is 108 Å². The zero-order valence-electron chi connectivity index (χ0n) is 15.0. The molecule has 2 aliphatic heterocycles. The smallest absolute Gasteiger partial charge is 0.257 e. The molecule has 27 heavy (non-hydrogen) atoms. The summed E-state index contributed by atoms with van der Waals surface area (Å²) in [6.07, 6.45) is 4.99. The van der Waals surface area contributed by atoms with E-state index in [0.717, 1.165) is 5.56 Å². The van der Waals surface area contributed by atoms with Gasteiger partial charge in [-0.3, -0.25) is 9.59 Å². The lowest BCUT2D eigenvalue weighted by molar-refractivity contribution is -0.116. The maximum atomic E-state index is 12.6. The molecule has 0 saturated heterocycles. The summed E-state index contributed by atoms with van der Waals surface area (Å²) >= 11 is 0. The van der Waals surface area contributed by atoms with Crippen LogP contribution in [0.4, 0.5) is 11.4 Å². The average Bonchev–Trinajstić information content (AvgIpc) is 2.63. The van der Waals surface area contributed by atoms with Crippen molar-refractivity contribution in [2.24, 2.45) is 4.40 Å². The molecule has 0 atom stereocenters. The zero-order valence-corrected chi connectivity index (χ0v) is 15.8. The van der Waals surface area contributed by atoms with Crippen LogP contribution in [-0.4, -0.2) is 43.3 Å². The highest BCUT2D eigenvalue weighted by Crippen LogP contribution is 2.22. The summed E-state index contributed by atoms with van der Waals surface area (Å²) in [5, 5.41) is 5.59. The number of fused-ring (bicyclic) bond motifs is 1. The number of nitrogens with one attached hydrogen (secondary N) is 2. The summed E-state index contributed by atoms with van der Waals surface area (Å²) in [5.74, 6) is -0.228. The normalized spacial score (nSPS) is 17.5. The van der Waals surface area contributed by atoms with E-state index < -0.39 is 10.0 Å². The van der Waals surface area contributed by atoms with Crippen LogP contribution in [0.1, 0.15) is 18.9 Å². The van der Waals surface area contributed by atoms with Gasteiger partial charge in [0.1, 0.15) is 5.84 Å².